The smallest absolute Gasteiger partial charge is 0.115 e. The minimum Gasteiger partial charge on any atom is -0.508 e. The second-order valence-corrected chi connectivity index (χ2v) is 4.42. The molecule has 1 saturated heterocycles. The van der Waals surface area contributed by atoms with Crippen molar-refractivity contribution in [3.8, 4) is 5.75 Å². The molecule has 0 spiro atoms. The van der Waals surface area contributed by atoms with Gasteiger partial charge in [0.25, 0.3) is 0 Å². The molecule has 1 aliphatic heterocycles. The molecule has 2 N–H and O–H groups in total. The molecule has 19 heavy (non-hydrogen) atoms. The maximum absolute atomic E-state index is 9.33. The first-order valence-electron chi connectivity index (χ1n) is 6.16. The van der Waals surface area contributed by atoms with Gasteiger partial charge in [0.15, 0.2) is 0 Å². The lowest BCUT2D eigenvalue weighted by Gasteiger charge is -2.34. The Morgan fingerprint density at radius 2 is 1.79 bits per heavy atom. The summed E-state index contributed by atoms with van der Waals surface area (Å²) in [5.74, 6) is 0.325. The van der Waals surface area contributed by atoms with Crippen LogP contribution in [0.4, 0.5) is 0 Å². The van der Waals surface area contributed by atoms with Crippen molar-refractivity contribution in [2.24, 2.45) is 0 Å². The van der Waals surface area contributed by atoms with Gasteiger partial charge in [-0.1, -0.05) is 18.2 Å². The molecular weight excluding hydrogens is 283 g/mol. The lowest BCUT2D eigenvalue weighted by molar-refractivity contribution is 0.174. The number of nitrogens with zero attached hydrogens (tertiary/aromatic N) is 1. The summed E-state index contributed by atoms with van der Waals surface area (Å²) in [6.07, 6.45) is 2.92. The molecular formula is C14H22Cl2N2O. The van der Waals surface area contributed by atoms with Crippen LogP contribution in [0, 0.1) is 0 Å². The van der Waals surface area contributed by atoms with Gasteiger partial charge in [-0.2, -0.15) is 0 Å². The standard InChI is InChI=1S/C14H20N2O.2ClH/c1-2-3-14(16-10-8-15-9-11-16)12-4-6-13(17)7-5-12;;/h2,4-7,14-15,17H,1,3,8-11H2;2*1H/t14-;;/m0../s1. The Kier molecular flexibility index (Phi) is 8.85. The fraction of sp³-hybridized carbons (Fsp3) is 0.429. The van der Waals surface area contributed by atoms with Crippen molar-refractivity contribution in [2.75, 3.05) is 26.2 Å². The number of nitrogens with one attached hydrogen (secondary N) is 1. The normalized spacial score (nSPS) is 16.8. The molecule has 0 bridgehead atoms. The first-order valence-corrected chi connectivity index (χ1v) is 6.16. The van der Waals surface area contributed by atoms with Gasteiger partial charge in [0, 0.05) is 32.2 Å². The molecule has 1 aliphatic rings. The van der Waals surface area contributed by atoms with E-state index in [1.165, 1.54) is 5.56 Å². The van der Waals surface area contributed by atoms with Crippen molar-refractivity contribution in [2.45, 2.75) is 12.5 Å². The lowest BCUT2D eigenvalue weighted by Crippen LogP contribution is -2.45. The number of phenolic OH excluding ortho intramolecular Hbond substituents is 1. The summed E-state index contributed by atoms with van der Waals surface area (Å²) in [7, 11) is 0. The minimum absolute atomic E-state index is 0. The molecule has 108 valence electrons. The number of piperazine rings is 1. The molecule has 1 fully saturated rings. The van der Waals surface area contributed by atoms with E-state index in [0.29, 0.717) is 11.8 Å². The molecule has 1 aromatic carbocycles. The molecule has 1 atom stereocenters. The Balaban J connectivity index is 0.00000162. The first kappa shape index (κ1) is 18.3. The van der Waals surface area contributed by atoms with Gasteiger partial charge in [-0.15, -0.1) is 31.4 Å². The maximum atomic E-state index is 9.33. The van der Waals surface area contributed by atoms with Crippen LogP contribution in [0.1, 0.15) is 18.0 Å². The molecule has 0 unspecified atom stereocenters. The third kappa shape index (κ3) is 5.03. The lowest BCUT2D eigenvalue weighted by atomic mass is 10.0. The van der Waals surface area contributed by atoms with Crippen molar-refractivity contribution in [3.63, 3.8) is 0 Å². The fourth-order valence-corrected chi connectivity index (χ4v) is 2.34. The number of halogens is 2. The molecule has 1 aromatic rings. The summed E-state index contributed by atoms with van der Waals surface area (Å²) in [4.78, 5) is 2.48. The van der Waals surface area contributed by atoms with E-state index in [4.69, 9.17) is 0 Å². The van der Waals surface area contributed by atoms with E-state index in [1.54, 1.807) is 12.1 Å². The van der Waals surface area contributed by atoms with Crippen molar-refractivity contribution in [1.82, 2.24) is 10.2 Å². The van der Waals surface area contributed by atoms with Crippen LogP contribution in [0.3, 0.4) is 0 Å². The van der Waals surface area contributed by atoms with Crippen molar-refractivity contribution in [1.29, 1.82) is 0 Å². The minimum atomic E-state index is 0. The van der Waals surface area contributed by atoms with Crippen LogP contribution in [-0.4, -0.2) is 36.2 Å². The molecule has 1 heterocycles. The van der Waals surface area contributed by atoms with Crippen LogP contribution in [0.15, 0.2) is 36.9 Å². The number of hydrogen-bond acceptors (Lipinski definition) is 3. The quantitative estimate of drug-likeness (QED) is 0.840. The number of benzene rings is 1. The SMILES string of the molecule is C=CC[C@@H](c1ccc(O)cc1)N1CCNCC1.Cl.Cl. The Labute approximate surface area is 127 Å². The summed E-state index contributed by atoms with van der Waals surface area (Å²) >= 11 is 0. The molecule has 2 rings (SSSR count). The van der Waals surface area contributed by atoms with Crippen LogP contribution < -0.4 is 5.32 Å². The Morgan fingerprint density at radius 1 is 1.21 bits per heavy atom. The topological polar surface area (TPSA) is 35.5 Å². The van der Waals surface area contributed by atoms with Gasteiger partial charge in [0.1, 0.15) is 5.75 Å². The summed E-state index contributed by atoms with van der Waals surface area (Å²) in [6.45, 7) is 8.08. The highest BCUT2D eigenvalue weighted by Crippen LogP contribution is 2.26. The Morgan fingerprint density at radius 3 is 2.32 bits per heavy atom. The second-order valence-electron chi connectivity index (χ2n) is 4.42. The molecule has 0 aliphatic carbocycles. The maximum Gasteiger partial charge on any atom is 0.115 e. The Bertz CT molecular complexity index is 364. The zero-order valence-corrected chi connectivity index (χ0v) is 12.6. The van der Waals surface area contributed by atoms with Crippen molar-refractivity contribution in [3.05, 3.63) is 42.5 Å². The zero-order chi connectivity index (χ0) is 12.1. The number of rotatable bonds is 4. The largest absolute Gasteiger partial charge is 0.508 e. The van der Waals surface area contributed by atoms with Crippen LogP contribution >= 0.6 is 24.8 Å². The predicted octanol–water partition coefficient (Wildman–Crippen LogP) is 2.76. The number of aromatic hydroxyl groups is 1. The van der Waals surface area contributed by atoms with Gasteiger partial charge < -0.3 is 10.4 Å². The summed E-state index contributed by atoms with van der Waals surface area (Å²) in [5, 5.41) is 12.7. The predicted molar refractivity (Wildman–Crippen MR) is 84.6 cm³/mol. The fourth-order valence-electron chi connectivity index (χ4n) is 2.34. The molecule has 0 radical (unpaired) electrons. The molecule has 3 nitrogen and oxygen atoms in total. The monoisotopic (exact) mass is 304 g/mol. The van der Waals surface area contributed by atoms with Gasteiger partial charge >= 0.3 is 0 Å². The van der Waals surface area contributed by atoms with Crippen LogP contribution in [0.2, 0.25) is 0 Å². The second kappa shape index (κ2) is 9.21. The van der Waals surface area contributed by atoms with Crippen LogP contribution in [-0.2, 0) is 0 Å². The highest BCUT2D eigenvalue weighted by atomic mass is 35.5. The molecule has 0 amide bonds. The van der Waals surface area contributed by atoms with E-state index in [0.717, 1.165) is 32.6 Å². The summed E-state index contributed by atoms with van der Waals surface area (Å²) in [5.41, 5.74) is 1.25. The number of hydrogen-bond donors (Lipinski definition) is 2. The summed E-state index contributed by atoms with van der Waals surface area (Å²) in [6, 6.07) is 7.91. The third-order valence-electron chi connectivity index (χ3n) is 3.26. The van der Waals surface area contributed by atoms with Crippen molar-refractivity contribution < 1.29 is 5.11 Å². The average molecular weight is 305 g/mol. The van der Waals surface area contributed by atoms with Crippen LogP contribution in [0.25, 0.3) is 0 Å². The van der Waals surface area contributed by atoms with Gasteiger partial charge in [0.05, 0.1) is 0 Å². The van der Waals surface area contributed by atoms with E-state index >= 15 is 0 Å². The van der Waals surface area contributed by atoms with Crippen molar-refractivity contribution >= 4 is 24.8 Å². The zero-order valence-electron chi connectivity index (χ0n) is 10.9. The van der Waals surface area contributed by atoms with Gasteiger partial charge in [-0.05, 0) is 24.1 Å². The number of phenols is 1. The van der Waals surface area contributed by atoms with E-state index in [-0.39, 0.29) is 24.8 Å². The molecule has 5 heteroatoms. The highest BCUT2D eigenvalue weighted by Gasteiger charge is 2.20. The van der Waals surface area contributed by atoms with E-state index in [1.807, 2.05) is 18.2 Å². The summed E-state index contributed by atoms with van der Waals surface area (Å²) < 4.78 is 0. The van der Waals surface area contributed by atoms with E-state index in [9.17, 15) is 5.11 Å². The first-order chi connectivity index (χ1) is 8.31. The highest BCUT2D eigenvalue weighted by molar-refractivity contribution is 5.85. The Hall–Kier alpha value is -0.740. The van der Waals surface area contributed by atoms with Gasteiger partial charge in [-0.25, -0.2) is 0 Å². The molecule has 0 saturated carbocycles. The van der Waals surface area contributed by atoms with E-state index < -0.39 is 0 Å². The van der Waals surface area contributed by atoms with Gasteiger partial charge in [-0.3, -0.25) is 4.90 Å². The van der Waals surface area contributed by atoms with Crippen LogP contribution in [0.5, 0.6) is 5.75 Å². The average Bonchev–Trinajstić information content (AvgIpc) is 2.38. The van der Waals surface area contributed by atoms with E-state index in [2.05, 4.69) is 16.8 Å². The molecule has 0 aromatic heterocycles. The third-order valence-corrected chi connectivity index (χ3v) is 3.26. The van der Waals surface area contributed by atoms with Gasteiger partial charge in [0.2, 0.25) is 0 Å².